The van der Waals surface area contributed by atoms with E-state index in [-0.39, 0.29) is 5.56 Å². The van der Waals surface area contributed by atoms with Gasteiger partial charge in [-0.05, 0) is 59.9 Å². The molecule has 1 N–H and O–H groups in total. The van der Waals surface area contributed by atoms with Crippen molar-refractivity contribution in [2.75, 3.05) is 13.2 Å². The maximum Gasteiger partial charge on any atom is 0.336 e. The molecule has 0 unspecified atom stereocenters. The van der Waals surface area contributed by atoms with Crippen LogP contribution in [0.1, 0.15) is 88.4 Å². The van der Waals surface area contributed by atoms with E-state index >= 15 is 0 Å². The predicted octanol–water partition coefficient (Wildman–Crippen LogP) is 9.52. The molecule has 4 rings (SSSR count). The molecule has 5 nitrogen and oxygen atoms in total. The van der Waals surface area contributed by atoms with Gasteiger partial charge < -0.3 is 19.3 Å². The van der Waals surface area contributed by atoms with Gasteiger partial charge in [0.2, 0.25) is 5.75 Å². The monoisotopic (exact) mass is 516 g/mol. The molecule has 0 aromatic heterocycles. The van der Waals surface area contributed by atoms with Crippen molar-refractivity contribution in [1.82, 2.24) is 0 Å². The zero-order chi connectivity index (χ0) is 26.7. The third-order valence-electron chi connectivity index (χ3n) is 6.99. The Labute approximate surface area is 226 Å². The van der Waals surface area contributed by atoms with E-state index in [1.807, 2.05) is 42.5 Å². The van der Waals surface area contributed by atoms with Gasteiger partial charge in [-0.25, -0.2) is 4.79 Å². The van der Waals surface area contributed by atoms with Crippen LogP contribution in [0.15, 0.2) is 54.6 Å². The second-order valence-electron chi connectivity index (χ2n) is 9.99. The van der Waals surface area contributed by atoms with E-state index in [0.29, 0.717) is 24.5 Å². The number of aromatic carboxylic acids is 1. The third-order valence-corrected chi connectivity index (χ3v) is 6.99. The number of hydrogen-bond acceptors (Lipinski definition) is 4. The minimum atomic E-state index is -0.949. The molecule has 0 amide bonds. The SMILES string of the molecule is CCCCCCCCOc1ccc(C(=O)O)c(-c2ccc(-c3ccc(OCCCCCC)c4c3O4)cc2)c1. The van der Waals surface area contributed by atoms with Crippen molar-refractivity contribution in [3.8, 4) is 45.3 Å². The van der Waals surface area contributed by atoms with E-state index in [2.05, 4.69) is 13.8 Å². The van der Waals surface area contributed by atoms with Gasteiger partial charge in [-0.1, -0.05) is 89.5 Å². The summed E-state index contributed by atoms with van der Waals surface area (Å²) >= 11 is 0. The lowest BCUT2D eigenvalue weighted by Gasteiger charge is -2.12. The van der Waals surface area contributed by atoms with Crippen molar-refractivity contribution in [3.05, 3.63) is 60.2 Å². The van der Waals surface area contributed by atoms with Crippen LogP contribution >= 0.6 is 0 Å². The fourth-order valence-electron chi connectivity index (χ4n) is 4.72. The number of carboxylic acid groups (broad SMARTS) is 1. The Morgan fingerprint density at radius 2 is 1.29 bits per heavy atom. The van der Waals surface area contributed by atoms with Crippen LogP contribution in [0.25, 0.3) is 22.3 Å². The van der Waals surface area contributed by atoms with Gasteiger partial charge in [0.05, 0.1) is 18.8 Å². The third kappa shape index (κ3) is 7.31. The van der Waals surface area contributed by atoms with Gasteiger partial charge in [0.25, 0.3) is 0 Å². The summed E-state index contributed by atoms with van der Waals surface area (Å²) < 4.78 is 17.6. The molecule has 38 heavy (non-hydrogen) atoms. The normalized spacial score (nSPS) is 11.5. The summed E-state index contributed by atoms with van der Waals surface area (Å²) in [6.45, 7) is 5.77. The molecule has 3 aromatic carbocycles. The molecule has 0 fully saturated rings. The molecule has 0 saturated carbocycles. The van der Waals surface area contributed by atoms with Gasteiger partial charge >= 0.3 is 5.97 Å². The number of benzene rings is 3. The molecule has 1 heterocycles. The van der Waals surface area contributed by atoms with Gasteiger partial charge in [0.15, 0.2) is 11.5 Å². The lowest BCUT2D eigenvalue weighted by atomic mass is 9.96. The number of unbranched alkanes of at least 4 members (excludes halogenated alkanes) is 8. The average Bonchev–Trinajstić information content (AvgIpc) is 3.74. The highest BCUT2D eigenvalue weighted by Crippen LogP contribution is 2.58. The molecule has 5 heteroatoms. The van der Waals surface area contributed by atoms with E-state index in [1.54, 1.807) is 12.1 Å². The number of rotatable bonds is 17. The molecular weight excluding hydrogens is 476 g/mol. The molecular formula is C33H40O5. The molecule has 0 saturated heterocycles. The van der Waals surface area contributed by atoms with Gasteiger partial charge in [-0.3, -0.25) is 0 Å². The first-order chi connectivity index (χ1) is 18.6. The van der Waals surface area contributed by atoms with E-state index < -0.39 is 5.97 Å². The number of hydrogen-bond donors (Lipinski definition) is 1. The van der Waals surface area contributed by atoms with Crippen molar-refractivity contribution in [2.24, 2.45) is 0 Å². The van der Waals surface area contributed by atoms with Crippen molar-refractivity contribution >= 4 is 5.97 Å². The van der Waals surface area contributed by atoms with Crippen LogP contribution in [0, 0.1) is 0 Å². The molecule has 1 aliphatic heterocycles. The second kappa shape index (κ2) is 13.9. The quantitative estimate of drug-likeness (QED) is 0.112. The highest BCUT2D eigenvalue weighted by Gasteiger charge is 2.30. The van der Waals surface area contributed by atoms with E-state index in [4.69, 9.17) is 14.2 Å². The van der Waals surface area contributed by atoms with Crippen molar-refractivity contribution in [1.29, 1.82) is 0 Å². The van der Waals surface area contributed by atoms with Crippen molar-refractivity contribution in [3.63, 3.8) is 0 Å². The maximum atomic E-state index is 11.9. The van der Waals surface area contributed by atoms with Crippen LogP contribution in [-0.4, -0.2) is 24.3 Å². The van der Waals surface area contributed by atoms with Crippen molar-refractivity contribution in [2.45, 2.75) is 78.1 Å². The first-order valence-corrected chi connectivity index (χ1v) is 14.2. The number of ether oxygens (including phenoxy) is 3. The average molecular weight is 517 g/mol. The molecule has 0 spiro atoms. The minimum Gasteiger partial charge on any atom is -0.494 e. The Morgan fingerprint density at radius 3 is 1.97 bits per heavy atom. The van der Waals surface area contributed by atoms with E-state index in [9.17, 15) is 9.90 Å². The Bertz CT molecular complexity index is 1200. The van der Waals surface area contributed by atoms with Gasteiger partial charge in [-0.15, -0.1) is 0 Å². The topological polar surface area (TPSA) is 68.3 Å². The fraction of sp³-hybridized carbons (Fsp3) is 0.424. The van der Waals surface area contributed by atoms with Gasteiger partial charge in [0, 0.05) is 5.56 Å². The zero-order valence-electron chi connectivity index (χ0n) is 22.8. The molecule has 3 aromatic rings. The highest BCUT2D eigenvalue weighted by molar-refractivity contribution is 5.96. The molecule has 202 valence electrons. The van der Waals surface area contributed by atoms with Crippen LogP contribution in [0.3, 0.4) is 0 Å². The predicted molar refractivity (Wildman–Crippen MR) is 153 cm³/mol. The van der Waals surface area contributed by atoms with Gasteiger partial charge in [0.1, 0.15) is 5.75 Å². The fourth-order valence-corrected chi connectivity index (χ4v) is 4.72. The van der Waals surface area contributed by atoms with E-state index in [1.165, 1.54) is 44.9 Å². The van der Waals surface area contributed by atoms with Crippen LogP contribution < -0.4 is 14.2 Å². The molecule has 0 aliphatic carbocycles. The first kappa shape index (κ1) is 27.6. The van der Waals surface area contributed by atoms with Crippen LogP contribution in [0.4, 0.5) is 0 Å². The molecule has 0 radical (unpaired) electrons. The number of carbonyl (C=O) groups is 1. The standard InChI is InChI=1S/C33H40O5/c1-3-5-7-9-10-12-21-36-26-17-18-28(33(34)35)29(23-26)25-15-13-24(14-16-25)27-19-20-30(32-31(27)38-32)37-22-11-8-6-4-2/h13-20,23H,3-12,21-22H2,1-2H3,(H,34,35). The Hall–Kier alpha value is -3.47. The van der Waals surface area contributed by atoms with Crippen molar-refractivity contribution < 1.29 is 24.1 Å². The lowest BCUT2D eigenvalue weighted by Crippen LogP contribution is -2.02. The van der Waals surface area contributed by atoms with Crippen LogP contribution in [0.2, 0.25) is 0 Å². The molecule has 0 atom stereocenters. The first-order valence-electron chi connectivity index (χ1n) is 14.2. The summed E-state index contributed by atoms with van der Waals surface area (Å²) in [6.07, 6.45) is 11.9. The Balaban J connectivity index is 1.41. The van der Waals surface area contributed by atoms with Gasteiger partial charge in [-0.2, -0.15) is 0 Å². The number of carboxylic acids is 1. The summed E-state index contributed by atoms with van der Waals surface area (Å²) in [6, 6.07) is 17.2. The highest BCUT2D eigenvalue weighted by atomic mass is 16.6. The molecule has 1 aliphatic rings. The summed E-state index contributed by atoms with van der Waals surface area (Å²) in [5.41, 5.74) is 3.79. The lowest BCUT2D eigenvalue weighted by molar-refractivity contribution is 0.0697. The molecule has 0 bridgehead atoms. The van der Waals surface area contributed by atoms with E-state index in [0.717, 1.165) is 53.2 Å². The Kier molecular flexibility index (Phi) is 10.1. The van der Waals surface area contributed by atoms with Crippen LogP contribution in [0.5, 0.6) is 23.0 Å². The maximum absolute atomic E-state index is 11.9. The smallest absolute Gasteiger partial charge is 0.336 e. The summed E-state index contributed by atoms with van der Waals surface area (Å²) in [7, 11) is 0. The summed E-state index contributed by atoms with van der Waals surface area (Å²) in [5.74, 6) is 2.24. The minimum absolute atomic E-state index is 0.265. The summed E-state index contributed by atoms with van der Waals surface area (Å²) in [5, 5.41) is 9.77. The summed E-state index contributed by atoms with van der Waals surface area (Å²) in [4.78, 5) is 11.9. The zero-order valence-corrected chi connectivity index (χ0v) is 22.8. The number of fused-ring (bicyclic) bond motifs is 1. The largest absolute Gasteiger partial charge is 0.494 e. The second-order valence-corrected chi connectivity index (χ2v) is 9.99. The Morgan fingerprint density at radius 1 is 0.684 bits per heavy atom. The van der Waals surface area contributed by atoms with Crippen LogP contribution in [-0.2, 0) is 0 Å².